The molecule has 1 aromatic carbocycles. The Morgan fingerprint density at radius 2 is 2.05 bits per heavy atom. The molecule has 2 heterocycles. The Bertz CT molecular complexity index is 594. The van der Waals surface area contributed by atoms with E-state index in [2.05, 4.69) is 0 Å². The summed E-state index contributed by atoms with van der Waals surface area (Å²) in [7, 11) is 0. The fourth-order valence-corrected chi connectivity index (χ4v) is 3.11. The van der Waals surface area contributed by atoms with Crippen LogP contribution >= 0.6 is 0 Å². The first-order valence-electron chi connectivity index (χ1n) is 7.24. The van der Waals surface area contributed by atoms with E-state index in [9.17, 15) is 9.90 Å². The molecular formula is C17H19NO3. The summed E-state index contributed by atoms with van der Waals surface area (Å²) in [5.74, 6) is 0.255. The molecule has 0 bridgehead atoms. The Morgan fingerprint density at radius 1 is 1.24 bits per heavy atom. The maximum Gasteiger partial charge on any atom is 0.289 e. The van der Waals surface area contributed by atoms with Crippen LogP contribution in [-0.2, 0) is 5.41 Å². The molecule has 0 unspecified atom stereocenters. The van der Waals surface area contributed by atoms with Gasteiger partial charge in [-0.05, 0) is 30.5 Å². The van der Waals surface area contributed by atoms with Gasteiger partial charge in [0.2, 0.25) is 0 Å². The number of aliphatic hydroxyl groups excluding tert-OH is 1. The predicted molar refractivity (Wildman–Crippen MR) is 79.1 cm³/mol. The Kier molecular flexibility index (Phi) is 3.80. The molecule has 1 aliphatic heterocycles. The van der Waals surface area contributed by atoms with Crippen molar-refractivity contribution in [1.29, 1.82) is 0 Å². The number of nitrogens with zero attached hydrogens (tertiary/aromatic N) is 1. The minimum atomic E-state index is -0.373. The third kappa shape index (κ3) is 2.59. The highest BCUT2D eigenvalue weighted by atomic mass is 16.3. The normalized spacial score (nSPS) is 22.2. The van der Waals surface area contributed by atoms with Gasteiger partial charge in [-0.15, -0.1) is 0 Å². The number of rotatable bonds is 3. The average Bonchev–Trinajstić information content (AvgIpc) is 3.09. The molecule has 3 rings (SSSR count). The minimum Gasteiger partial charge on any atom is -0.459 e. The number of aliphatic hydroxyl groups is 1. The summed E-state index contributed by atoms with van der Waals surface area (Å²) in [6.45, 7) is 1.26. The summed E-state index contributed by atoms with van der Waals surface area (Å²) in [5.41, 5.74) is 0.714. The number of hydrogen-bond donors (Lipinski definition) is 1. The number of hydrogen-bond acceptors (Lipinski definition) is 3. The van der Waals surface area contributed by atoms with Crippen LogP contribution in [0.3, 0.4) is 0 Å². The topological polar surface area (TPSA) is 53.7 Å². The summed E-state index contributed by atoms with van der Waals surface area (Å²) < 4.78 is 5.20. The lowest BCUT2D eigenvalue weighted by atomic mass is 9.74. The van der Waals surface area contributed by atoms with Crippen molar-refractivity contribution in [3.05, 3.63) is 60.1 Å². The van der Waals surface area contributed by atoms with Gasteiger partial charge >= 0.3 is 0 Å². The summed E-state index contributed by atoms with van der Waals surface area (Å²) >= 11 is 0. The second kappa shape index (κ2) is 5.74. The summed E-state index contributed by atoms with van der Waals surface area (Å²) in [6, 6.07) is 13.4. The number of piperidine rings is 1. The maximum absolute atomic E-state index is 12.4. The summed E-state index contributed by atoms with van der Waals surface area (Å²) in [4.78, 5) is 14.2. The number of carbonyl (C=O) groups excluding carboxylic acids is 1. The van der Waals surface area contributed by atoms with Crippen molar-refractivity contribution in [3.8, 4) is 0 Å². The van der Waals surface area contributed by atoms with Crippen molar-refractivity contribution in [2.24, 2.45) is 0 Å². The molecule has 4 nitrogen and oxygen atoms in total. The first-order valence-corrected chi connectivity index (χ1v) is 7.24. The molecule has 110 valence electrons. The van der Waals surface area contributed by atoms with Crippen LogP contribution in [0.25, 0.3) is 0 Å². The minimum absolute atomic E-state index is 0.0406. The molecule has 2 aromatic rings. The zero-order valence-corrected chi connectivity index (χ0v) is 11.9. The maximum atomic E-state index is 12.4. The van der Waals surface area contributed by atoms with Gasteiger partial charge in [0.25, 0.3) is 5.91 Å². The largest absolute Gasteiger partial charge is 0.459 e. The third-order valence-electron chi connectivity index (χ3n) is 4.28. The van der Waals surface area contributed by atoms with E-state index in [-0.39, 0.29) is 17.9 Å². The zero-order chi connectivity index (χ0) is 14.7. The Hall–Kier alpha value is -2.07. The van der Waals surface area contributed by atoms with E-state index in [1.54, 1.807) is 17.0 Å². The lowest BCUT2D eigenvalue weighted by Gasteiger charge is -2.42. The van der Waals surface area contributed by atoms with Crippen LogP contribution in [0.2, 0.25) is 0 Å². The Morgan fingerprint density at radius 3 is 2.71 bits per heavy atom. The first-order chi connectivity index (χ1) is 10.2. The second-order valence-corrected chi connectivity index (χ2v) is 5.61. The van der Waals surface area contributed by atoms with Crippen LogP contribution in [0, 0.1) is 0 Å². The van der Waals surface area contributed by atoms with E-state index in [1.165, 1.54) is 6.26 Å². The number of furan rings is 1. The summed E-state index contributed by atoms with van der Waals surface area (Å²) in [5, 5.41) is 9.96. The van der Waals surface area contributed by atoms with Crippen molar-refractivity contribution in [3.63, 3.8) is 0 Å². The Labute approximate surface area is 124 Å². The third-order valence-corrected chi connectivity index (χ3v) is 4.28. The number of amides is 1. The van der Waals surface area contributed by atoms with Crippen LogP contribution in [0.4, 0.5) is 0 Å². The highest BCUT2D eigenvalue weighted by molar-refractivity contribution is 5.91. The molecule has 1 fully saturated rings. The first kappa shape index (κ1) is 13.9. The summed E-state index contributed by atoms with van der Waals surface area (Å²) in [6.07, 6.45) is 3.27. The van der Waals surface area contributed by atoms with Gasteiger partial charge in [-0.1, -0.05) is 30.3 Å². The quantitative estimate of drug-likeness (QED) is 0.942. The lowest BCUT2D eigenvalue weighted by molar-refractivity contribution is 0.0515. The molecule has 1 atom stereocenters. The zero-order valence-electron chi connectivity index (χ0n) is 11.9. The van der Waals surface area contributed by atoms with Gasteiger partial charge in [-0.3, -0.25) is 4.79 Å². The standard InChI is InChI=1S/C17H19NO3/c19-13-17(14-6-2-1-3-7-14)9-5-10-18(12-17)16(20)15-8-4-11-21-15/h1-4,6-8,11,19H,5,9-10,12-13H2/t17-/m0/s1. The van der Waals surface area contributed by atoms with E-state index >= 15 is 0 Å². The van der Waals surface area contributed by atoms with E-state index in [1.807, 2.05) is 30.3 Å². The van der Waals surface area contributed by atoms with Crippen LogP contribution in [0.15, 0.2) is 53.1 Å². The number of likely N-dealkylation sites (tertiary alicyclic amines) is 1. The van der Waals surface area contributed by atoms with E-state index < -0.39 is 0 Å². The molecule has 1 amide bonds. The highest BCUT2D eigenvalue weighted by Crippen LogP contribution is 2.34. The van der Waals surface area contributed by atoms with Gasteiger partial charge in [0.15, 0.2) is 5.76 Å². The molecule has 1 aromatic heterocycles. The lowest BCUT2D eigenvalue weighted by Crippen LogP contribution is -2.50. The molecule has 0 spiro atoms. The van der Waals surface area contributed by atoms with Gasteiger partial charge < -0.3 is 14.4 Å². The molecule has 1 aliphatic rings. The average molecular weight is 285 g/mol. The van der Waals surface area contributed by atoms with Crippen molar-refractivity contribution in [2.45, 2.75) is 18.3 Å². The van der Waals surface area contributed by atoms with Crippen molar-refractivity contribution >= 4 is 5.91 Å². The molecule has 0 radical (unpaired) electrons. The fourth-order valence-electron chi connectivity index (χ4n) is 3.11. The van der Waals surface area contributed by atoms with Crippen LogP contribution in [-0.4, -0.2) is 35.6 Å². The molecule has 1 saturated heterocycles. The van der Waals surface area contributed by atoms with Gasteiger partial charge in [0.05, 0.1) is 12.9 Å². The number of benzene rings is 1. The molecule has 4 heteroatoms. The fraction of sp³-hybridized carbons (Fsp3) is 0.353. The van der Waals surface area contributed by atoms with E-state index in [0.29, 0.717) is 18.8 Å². The van der Waals surface area contributed by atoms with E-state index in [4.69, 9.17) is 4.42 Å². The predicted octanol–water partition coefficient (Wildman–Crippen LogP) is 2.45. The molecule has 21 heavy (non-hydrogen) atoms. The van der Waals surface area contributed by atoms with Crippen LogP contribution in [0.5, 0.6) is 0 Å². The highest BCUT2D eigenvalue weighted by Gasteiger charge is 2.38. The van der Waals surface area contributed by atoms with Gasteiger partial charge in [0.1, 0.15) is 0 Å². The van der Waals surface area contributed by atoms with Crippen molar-refractivity contribution in [2.75, 3.05) is 19.7 Å². The Balaban J connectivity index is 1.86. The van der Waals surface area contributed by atoms with Crippen LogP contribution in [0.1, 0.15) is 29.0 Å². The van der Waals surface area contributed by atoms with Gasteiger partial charge in [-0.2, -0.15) is 0 Å². The van der Waals surface area contributed by atoms with Gasteiger partial charge in [-0.25, -0.2) is 0 Å². The second-order valence-electron chi connectivity index (χ2n) is 5.61. The van der Waals surface area contributed by atoms with Crippen molar-refractivity contribution in [1.82, 2.24) is 4.90 Å². The molecule has 0 aliphatic carbocycles. The van der Waals surface area contributed by atoms with Gasteiger partial charge in [0, 0.05) is 18.5 Å². The smallest absolute Gasteiger partial charge is 0.289 e. The van der Waals surface area contributed by atoms with E-state index in [0.717, 1.165) is 18.4 Å². The SMILES string of the molecule is O=C(c1ccco1)N1CCC[C@](CO)(c2ccccc2)C1. The number of carbonyl (C=O) groups is 1. The van der Waals surface area contributed by atoms with Crippen LogP contribution < -0.4 is 0 Å². The monoisotopic (exact) mass is 285 g/mol. The molecule has 1 N–H and O–H groups in total. The van der Waals surface area contributed by atoms with Crippen molar-refractivity contribution < 1.29 is 14.3 Å². The molecular weight excluding hydrogens is 266 g/mol. The molecule has 0 saturated carbocycles.